The number of nitrogen functional groups attached to an aromatic ring is 1. The molecular formula is C16H15N7S. The molecule has 24 heavy (non-hydrogen) atoms. The molecule has 0 spiro atoms. The van der Waals surface area contributed by atoms with E-state index in [2.05, 4.69) is 37.4 Å². The molecule has 8 heteroatoms. The summed E-state index contributed by atoms with van der Waals surface area (Å²) in [5.74, 6) is 0.920. The monoisotopic (exact) mass is 337 g/mol. The van der Waals surface area contributed by atoms with E-state index in [1.165, 1.54) is 0 Å². The van der Waals surface area contributed by atoms with Gasteiger partial charge in [0.15, 0.2) is 11.5 Å². The quantitative estimate of drug-likeness (QED) is 0.594. The van der Waals surface area contributed by atoms with Crippen molar-refractivity contribution in [2.24, 2.45) is 0 Å². The van der Waals surface area contributed by atoms with Gasteiger partial charge in [0.05, 0.1) is 18.6 Å². The van der Waals surface area contributed by atoms with Gasteiger partial charge < -0.3 is 15.6 Å². The van der Waals surface area contributed by atoms with Gasteiger partial charge in [-0.25, -0.2) is 9.97 Å². The second kappa shape index (κ2) is 5.89. The van der Waals surface area contributed by atoms with Crippen molar-refractivity contribution in [2.75, 3.05) is 17.7 Å². The topological polar surface area (TPSA) is 96.6 Å². The number of nitrogens with zero attached hydrogens (tertiary/aromatic N) is 5. The Bertz CT molecular complexity index is 976. The maximum absolute atomic E-state index is 5.78. The fourth-order valence-electron chi connectivity index (χ4n) is 2.52. The number of thiazole rings is 1. The lowest BCUT2D eigenvalue weighted by atomic mass is 10.2. The van der Waals surface area contributed by atoms with E-state index in [-0.39, 0.29) is 5.95 Å². The van der Waals surface area contributed by atoms with Gasteiger partial charge in [0.25, 0.3) is 0 Å². The summed E-state index contributed by atoms with van der Waals surface area (Å²) in [4.78, 5) is 22.4. The zero-order valence-electron chi connectivity index (χ0n) is 13.0. The smallest absolute Gasteiger partial charge is 0.224 e. The minimum Gasteiger partial charge on any atom is -0.368 e. The highest BCUT2D eigenvalue weighted by molar-refractivity contribution is 7.13. The zero-order valence-corrected chi connectivity index (χ0v) is 13.8. The highest BCUT2D eigenvalue weighted by Crippen LogP contribution is 2.26. The van der Waals surface area contributed by atoms with Crippen LogP contribution in [0.25, 0.3) is 21.7 Å². The molecule has 0 saturated heterocycles. The average molecular weight is 337 g/mol. The highest BCUT2D eigenvalue weighted by atomic mass is 32.1. The van der Waals surface area contributed by atoms with Crippen molar-refractivity contribution in [2.45, 2.75) is 6.54 Å². The molecule has 120 valence electrons. The molecule has 7 nitrogen and oxygen atoms in total. The SMILES string of the molecule is CN(Cc1csc(-c2ccccc2)n1)c1nc(N)nc2nc[nH]c12. The summed E-state index contributed by atoms with van der Waals surface area (Å²) in [7, 11) is 1.95. The Morgan fingerprint density at radius 3 is 2.83 bits per heavy atom. The van der Waals surface area contributed by atoms with Crippen LogP contribution in [0, 0.1) is 0 Å². The fourth-order valence-corrected chi connectivity index (χ4v) is 3.34. The first-order valence-corrected chi connectivity index (χ1v) is 8.26. The van der Waals surface area contributed by atoms with Crippen LogP contribution in [0.4, 0.5) is 11.8 Å². The Labute approximate surface area is 142 Å². The third-order valence-corrected chi connectivity index (χ3v) is 4.56. The second-order valence-corrected chi connectivity index (χ2v) is 6.23. The predicted octanol–water partition coefficient (Wildman–Crippen LogP) is 2.69. The number of benzene rings is 1. The van der Waals surface area contributed by atoms with Gasteiger partial charge in [0.1, 0.15) is 10.5 Å². The van der Waals surface area contributed by atoms with Gasteiger partial charge >= 0.3 is 0 Å². The molecule has 1 aromatic carbocycles. The molecule has 4 aromatic rings. The summed E-state index contributed by atoms with van der Waals surface area (Å²) >= 11 is 1.63. The molecule has 4 rings (SSSR count). The summed E-state index contributed by atoms with van der Waals surface area (Å²) < 4.78 is 0. The van der Waals surface area contributed by atoms with Crippen LogP contribution in [0.5, 0.6) is 0 Å². The molecular weight excluding hydrogens is 322 g/mol. The van der Waals surface area contributed by atoms with E-state index in [0.29, 0.717) is 18.0 Å². The molecule has 0 aliphatic carbocycles. The minimum absolute atomic E-state index is 0.208. The number of aromatic amines is 1. The van der Waals surface area contributed by atoms with Gasteiger partial charge in [-0.2, -0.15) is 9.97 Å². The van der Waals surface area contributed by atoms with Crippen LogP contribution >= 0.6 is 11.3 Å². The number of H-pyrrole nitrogens is 1. The molecule has 0 aliphatic heterocycles. The molecule has 0 amide bonds. The molecule has 0 saturated carbocycles. The number of hydrogen-bond donors (Lipinski definition) is 2. The summed E-state index contributed by atoms with van der Waals surface area (Å²) in [6, 6.07) is 10.2. The van der Waals surface area contributed by atoms with Gasteiger partial charge in [-0.05, 0) is 0 Å². The lowest BCUT2D eigenvalue weighted by molar-refractivity contribution is 0.877. The van der Waals surface area contributed by atoms with Crippen LogP contribution in [0.15, 0.2) is 42.0 Å². The lowest BCUT2D eigenvalue weighted by Crippen LogP contribution is -2.19. The molecule has 0 fully saturated rings. The average Bonchev–Trinajstić information content (AvgIpc) is 3.24. The third-order valence-electron chi connectivity index (χ3n) is 3.62. The van der Waals surface area contributed by atoms with E-state index >= 15 is 0 Å². The summed E-state index contributed by atoms with van der Waals surface area (Å²) in [5, 5.41) is 3.07. The Morgan fingerprint density at radius 2 is 2.00 bits per heavy atom. The number of nitrogens with one attached hydrogen (secondary N) is 1. The molecule has 0 unspecified atom stereocenters. The number of hydrogen-bond acceptors (Lipinski definition) is 7. The molecule has 0 atom stereocenters. The summed E-state index contributed by atoms with van der Waals surface area (Å²) in [6.45, 7) is 0.619. The molecule has 3 N–H and O–H groups in total. The number of fused-ring (bicyclic) bond motifs is 1. The third kappa shape index (κ3) is 2.67. The molecule has 3 heterocycles. The maximum atomic E-state index is 5.78. The summed E-state index contributed by atoms with van der Waals surface area (Å²) in [5.41, 5.74) is 9.21. The lowest BCUT2D eigenvalue weighted by Gasteiger charge is -2.17. The van der Waals surface area contributed by atoms with E-state index in [4.69, 9.17) is 10.7 Å². The molecule has 0 bridgehead atoms. The van der Waals surface area contributed by atoms with Crippen LogP contribution in [0.3, 0.4) is 0 Å². The number of aromatic nitrogens is 5. The molecule has 0 aliphatic rings. The first-order valence-electron chi connectivity index (χ1n) is 7.38. The van der Waals surface area contributed by atoms with Crippen LogP contribution in [-0.4, -0.2) is 32.0 Å². The van der Waals surface area contributed by atoms with Gasteiger partial charge in [0.2, 0.25) is 5.95 Å². The maximum Gasteiger partial charge on any atom is 0.224 e. The van der Waals surface area contributed by atoms with Crippen molar-refractivity contribution in [1.29, 1.82) is 0 Å². The van der Waals surface area contributed by atoms with E-state index in [1.54, 1.807) is 17.7 Å². The number of nitrogens with two attached hydrogens (primary N) is 1. The van der Waals surface area contributed by atoms with Crippen molar-refractivity contribution >= 4 is 34.3 Å². The van der Waals surface area contributed by atoms with Crippen molar-refractivity contribution in [1.82, 2.24) is 24.9 Å². The van der Waals surface area contributed by atoms with Crippen molar-refractivity contribution in [3.8, 4) is 10.6 Å². The van der Waals surface area contributed by atoms with E-state index in [1.807, 2.05) is 30.1 Å². The molecule has 0 radical (unpaired) electrons. The van der Waals surface area contributed by atoms with E-state index in [9.17, 15) is 0 Å². The van der Waals surface area contributed by atoms with Crippen LogP contribution in [-0.2, 0) is 6.54 Å². The number of imidazole rings is 1. The summed E-state index contributed by atoms with van der Waals surface area (Å²) in [6.07, 6.45) is 1.59. The Hall–Kier alpha value is -3.00. The fraction of sp³-hybridized carbons (Fsp3) is 0.125. The van der Waals surface area contributed by atoms with E-state index < -0.39 is 0 Å². The second-order valence-electron chi connectivity index (χ2n) is 5.37. The van der Waals surface area contributed by atoms with Gasteiger partial charge in [-0.15, -0.1) is 11.3 Å². The standard InChI is InChI=1S/C16H15N7S/c1-23(14-12-13(19-9-18-12)21-16(17)22-14)7-11-8-24-15(20-11)10-5-3-2-4-6-10/h2-6,8-9H,7H2,1H3,(H3,17,18,19,21,22). The Balaban J connectivity index is 1.61. The van der Waals surface area contributed by atoms with Crippen LogP contribution in [0.1, 0.15) is 5.69 Å². The highest BCUT2D eigenvalue weighted by Gasteiger charge is 2.14. The van der Waals surface area contributed by atoms with Crippen molar-refractivity contribution in [3.63, 3.8) is 0 Å². The Morgan fingerprint density at radius 1 is 1.17 bits per heavy atom. The number of anilines is 2. The van der Waals surface area contributed by atoms with Crippen LogP contribution < -0.4 is 10.6 Å². The van der Waals surface area contributed by atoms with Crippen molar-refractivity contribution < 1.29 is 0 Å². The minimum atomic E-state index is 0.208. The zero-order chi connectivity index (χ0) is 16.5. The first kappa shape index (κ1) is 14.6. The van der Waals surface area contributed by atoms with Crippen LogP contribution in [0.2, 0.25) is 0 Å². The predicted molar refractivity (Wildman–Crippen MR) is 95.8 cm³/mol. The first-order chi connectivity index (χ1) is 11.7. The van der Waals surface area contributed by atoms with Crippen molar-refractivity contribution in [3.05, 3.63) is 47.7 Å². The Kier molecular flexibility index (Phi) is 3.58. The van der Waals surface area contributed by atoms with E-state index in [0.717, 1.165) is 21.8 Å². The van der Waals surface area contributed by atoms with Gasteiger partial charge in [-0.3, -0.25) is 0 Å². The largest absolute Gasteiger partial charge is 0.368 e. The number of rotatable bonds is 4. The van der Waals surface area contributed by atoms with Gasteiger partial charge in [0, 0.05) is 18.0 Å². The van der Waals surface area contributed by atoms with Gasteiger partial charge in [-0.1, -0.05) is 30.3 Å². The molecule has 3 aromatic heterocycles. The normalized spacial score (nSPS) is 11.0.